The van der Waals surface area contributed by atoms with E-state index < -0.39 is 0 Å². The summed E-state index contributed by atoms with van der Waals surface area (Å²) >= 11 is 0. The van der Waals surface area contributed by atoms with Crippen LogP contribution in [-0.2, 0) is 11.3 Å². The molecule has 0 bridgehead atoms. The predicted octanol–water partition coefficient (Wildman–Crippen LogP) is 2.88. The number of guanidine groups is 1. The smallest absolute Gasteiger partial charge is 0.190 e. The molecule has 2 rings (SSSR count). The van der Waals surface area contributed by atoms with Crippen molar-refractivity contribution in [3.05, 3.63) is 18.2 Å². The van der Waals surface area contributed by atoms with Crippen LogP contribution in [0, 0.1) is 6.92 Å². The lowest BCUT2D eigenvalue weighted by molar-refractivity contribution is 0.0277. The van der Waals surface area contributed by atoms with Crippen LogP contribution in [0.3, 0.4) is 0 Å². The minimum absolute atomic E-state index is 0.505. The standard InChI is InChI=1S/C19H35N5O/c1-17-21-13-15-24(17)14-7-6-11-22-19(20-2)23-12-8-16-25-18-9-4-3-5-10-18/h13,15,18H,3-12,14,16H2,1-2H3,(H2,20,22,23). The van der Waals surface area contributed by atoms with E-state index >= 15 is 0 Å². The van der Waals surface area contributed by atoms with Crippen LogP contribution in [0.4, 0.5) is 0 Å². The van der Waals surface area contributed by atoms with Crippen molar-refractivity contribution in [2.45, 2.75) is 70.9 Å². The second-order valence-corrected chi connectivity index (χ2v) is 6.79. The summed E-state index contributed by atoms with van der Waals surface area (Å²) in [6.45, 7) is 5.76. The molecule has 1 heterocycles. The molecule has 0 spiro atoms. The predicted molar refractivity (Wildman–Crippen MR) is 103 cm³/mol. The number of imidazole rings is 1. The molecule has 0 aromatic carbocycles. The van der Waals surface area contributed by atoms with Crippen molar-refractivity contribution in [2.75, 3.05) is 26.7 Å². The molecule has 1 fully saturated rings. The second kappa shape index (κ2) is 11.9. The van der Waals surface area contributed by atoms with E-state index in [-0.39, 0.29) is 0 Å². The van der Waals surface area contributed by atoms with E-state index in [1.54, 1.807) is 0 Å². The van der Waals surface area contributed by atoms with Crippen molar-refractivity contribution < 1.29 is 4.74 Å². The average molecular weight is 350 g/mol. The van der Waals surface area contributed by atoms with Crippen molar-refractivity contribution in [2.24, 2.45) is 4.99 Å². The van der Waals surface area contributed by atoms with Crippen LogP contribution < -0.4 is 10.6 Å². The third kappa shape index (κ3) is 7.90. The third-order valence-corrected chi connectivity index (χ3v) is 4.78. The van der Waals surface area contributed by atoms with E-state index in [0.29, 0.717) is 6.10 Å². The summed E-state index contributed by atoms with van der Waals surface area (Å²) in [5, 5.41) is 6.74. The fraction of sp³-hybridized carbons (Fsp3) is 0.789. The highest BCUT2D eigenvalue weighted by molar-refractivity contribution is 5.79. The molecule has 1 aliphatic rings. The topological polar surface area (TPSA) is 63.5 Å². The van der Waals surface area contributed by atoms with E-state index in [0.717, 1.165) is 57.3 Å². The first-order valence-corrected chi connectivity index (χ1v) is 9.83. The fourth-order valence-corrected chi connectivity index (χ4v) is 3.24. The van der Waals surface area contributed by atoms with Crippen LogP contribution in [0.1, 0.15) is 57.2 Å². The Morgan fingerprint density at radius 2 is 1.96 bits per heavy atom. The summed E-state index contributed by atoms with van der Waals surface area (Å²) in [5.74, 6) is 1.97. The molecule has 1 aliphatic carbocycles. The second-order valence-electron chi connectivity index (χ2n) is 6.79. The summed E-state index contributed by atoms with van der Waals surface area (Å²) < 4.78 is 8.14. The summed E-state index contributed by atoms with van der Waals surface area (Å²) in [5.41, 5.74) is 0. The lowest BCUT2D eigenvalue weighted by Gasteiger charge is -2.22. The van der Waals surface area contributed by atoms with E-state index in [1.807, 2.05) is 26.4 Å². The molecule has 1 saturated carbocycles. The summed E-state index contributed by atoms with van der Waals surface area (Å²) in [6, 6.07) is 0. The minimum atomic E-state index is 0.505. The van der Waals surface area contributed by atoms with Gasteiger partial charge in [0.05, 0.1) is 6.10 Å². The number of unbranched alkanes of at least 4 members (excludes halogenated alkanes) is 1. The van der Waals surface area contributed by atoms with Gasteiger partial charge in [0.1, 0.15) is 5.82 Å². The molecule has 2 N–H and O–H groups in total. The number of aromatic nitrogens is 2. The van der Waals surface area contributed by atoms with Crippen LogP contribution in [-0.4, -0.2) is 48.4 Å². The molecule has 0 saturated heterocycles. The first-order valence-electron chi connectivity index (χ1n) is 9.83. The average Bonchev–Trinajstić information content (AvgIpc) is 3.05. The molecule has 0 radical (unpaired) electrons. The summed E-state index contributed by atoms with van der Waals surface area (Å²) in [7, 11) is 1.82. The molecule has 6 nitrogen and oxygen atoms in total. The molecule has 0 unspecified atom stereocenters. The van der Waals surface area contributed by atoms with Crippen molar-refractivity contribution in [1.82, 2.24) is 20.2 Å². The molecule has 25 heavy (non-hydrogen) atoms. The zero-order valence-electron chi connectivity index (χ0n) is 16.0. The van der Waals surface area contributed by atoms with Gasteiger partial charge in [0, 0.05) is 45.7 Å². The van der Waals surface area contributed by atoms with Crippen LogP contribution in [0.5, 0.6) is 0 Å². The maximum Gasteiger partial charge on any atom is 0.190 e. The Morgan fingerprint density at radius 1 is 1.20 bits per heavy atom. The lowest BCUT2D eigenvalue weighted by atomic mass is 9.98. The monoisotopic (exact) mass is 349 g/mol. The summed E-state index contributed by atoms with van der Waals surface area (Å²) in [4.78, 5) is 8.52. The van der Waals surface area contributed by atoms with Crippen molar-refractivity contribution in [3.8, 4) is 0 Å². The highest BCUT2D eigenvalue weighted by Crippen LogP contribution is 2.20. The number of hydrogen-bond acceptors (Lipinski definition) is 3. The van der Waals surface area contributed by atoms with Crippen LogP contribution in [0.25, 0.3) is 0 Å². The molecule has 0 amide bonds. The maximum atomic E-state index is 5.95. The molecule has 1 aromatic heterocycles. The van der Waals surface area contributed by atoms with Gasteiger partial charge in [-0.1, -0.05) is 19.3 Å². The Kier molecular flexibility index (Phi) is 9.41. The highest BCUT2D eigenvalue weighted by Gasteiger charge is 2.12. The molecular weight excluding hydrogens is 314 g/mol. The minimum Gasteiger partial charge on any atom is -0.378 e. The quantitative estimate of drug-likeness (QED) is 0.387. The van der Waals surface area contributed by atoms with Gasteiger partial charge in [0.2, 0.25) is 0 Å². The Hall–Kier alpha value is -1.56. The van der Waals surface area contributed by atoms with Gasteiger partial charge in [0.15, 0.2) is 5.96 Å². The molecule has 0 atom stereocenters. The van der Waals surface area contributed by atoms with Gasteiger partial charge < -0.3 is 19.9 Å². The number of rotatable bonds is 10. The molecule has 0 aliphatic heterocycles. The maximum absolute atomic E-state index is 5.95. The zero-order valence-corrected chi connectivity index (χ0v) is 16.0. The van der Waals surface area contributed by atoms with Gasteiger partial charge in [0.25, 0.3) is 0 Å². The lowest BCUT2D eigenvalue weighted by Crippen LogP contribution is -2.38. The van der Waals surface area contributed by atoms with Crippen molar-refractivity contribution in [3.63, 3.8) is 0 Å². The Morgan fingerprint density at radius 3 is 2.64 bits per heavy atom. The molecular formula is C19H35N5O. The van der Waals surface area contributed by atoms with Crippen LogP contribution >= 0.6 is 0 Å². The van der Waals surface area contributed by atoms with E-state index in [9.17, 15) is 0 Å². The Balaban J connectivity index is 1.45. The normalized spacial score (nSPS) is 16.2. The number of aliphatic imine (C=N–C) groups is 1. The largest absolute Gasteiger partial charge is 0.378 e. The van der Waals surface area contributed by atoms with Crippen molar-refractivity contribution >= 4 is 5.96 Å². The van der Waals surface area contributed by atoms with Gasteiger partial charge in [-0.15, -0.1) is 0 Å². The van der Waals surface area contributed by atoms with Gasteiger partial charge in [-0.3, -0.25) is 4.99 Å². The third-order valence-electron chi connectivity index (χ3n) is 4.78. The Bertz CT molecular complexity index is 494. The molecule has 6 heteroatoms. The fourth-order valence-electron chi connectivity index (χ4n) is 3.24. The van der Waals surface area contributed by atoms with E-state index in [4.69, 9.17) is 4.74 Å². The van der Waals surface area contributed by atoms with E-state index in [2.05, 4.69) is 25.2 Å². The van der Waals surface area contributed by atoms with Gasteiger partial charge >= 0.3 is 0 Å². The van der Waals surface area contributed by atoms with Crippen LogP contribution in [0.2, 0.25) is 0 Å². The number of hydrogen-bond donors (Lipinski definition) is 2. The SMILES string of the molecule is CN=C(NCCCCn1ccnc1C)NCCCOC1CCCCC1. The molecule has 142 valence electrons. The van der Waals surface area contributed by atoms with Crippen LogP contribution in [0.15, 0.2) is 17.4 Å². The number of nitrogens with zero attached hydrogens (tertiary/aromatic N) is 3. The molecule has 1 aromatic rings. The number of aryl methyl sites for hydroxylation is 2. The van der Waals surface area contributed by atoms with Gasteiger partial charge in [-0.25, -0.2) is 4.98 Å². The van der Waals surface area contributed by atoms with E-state index in [1.165, 1.54) is 32.1 Å². The highest BCUT2D eigenvalue weighted by atomic mass is 16.5. The number of ether oxygens (including phenoxy) is 1. The first-order chi connectivity index (χ1) is 12.3. The van der Waals surface area contributed by atoms with Gasteiger partial charge in [-0.2, -0.15) is 0 Å². The summed E-state index contributed by atoms with van der Waals surface area (Å²) in [6.07, 6.45) is 14.2. The Labute approximate surface area is 152 Å². The zero-order chi connectivity index (χ0) is 17.7. The van der Waals surface area contributed by atoms with Gasteiger partial charge in [-0.05, 0) is 39.0 Å². The van der Waals surface area contributed by atoms with Crippen molar-refractivity contribution in [1.29, 1.82) is 0 Å². The number of nitrogens with one attached hydrogen (secondary N) is 2. The first kappa shape index (κ1) is 19.8.